The Labute approximate surface area is 160 Å². The first-order chi connectivity index (χ1) is 12.7. The Morgan fingerprint density at radius 3 is 2.69 bits per heavy atom. The highest BCUT2D eigenvalue weighted by atomic mass is 35.5. The van der Waals surface area contributed by atoms with E-state index in [9.17, 15) is 0 Å². The molecular weight excluding hydrogens is 342 g/mol. The van der Waals surface area contributed by atoms with Gasteiger partial charge in [-0.3, -0.25) is 4.90 Å². The highest BCUT2D eigenvalue weighted by molar-refractivity contribution is 6.30. The van der Waals surface area contributed by atoms with Crippen LogP contribution in [0.3, 0.4) is 0 Å². The van der Waals surface area contributed by atoms with Crippen molar-refractivity contribution in [2.24, 2.45) is 0 Å². The van der Waals surface area contributed by atoms with E-state index < -0.39 is 0 Å². The van der Waals surface area contributed by atoms with Crippen molar-refractivity contribution in [2.45, 2.75) is 32.7 Å². The normalized spacial score (nSPS) is 15.3. The predicted molar refractivity (Wildman–Crippen MR) is 110 cm³/mol. The van der Waals surface area contributed by atoms with Crippen molar-refractivity contribution in [1.29, 1.82) is 0 Å². The van der Waals surface area contributed by atoms with Crippen LogP contribution in [0.2, 0.25) is 5.02 Å². The van der Waals surface area contributed by atoms with E-state index in [1.54, 1.807) is 0 Å². The Morgan fingerprint density at radius 1 is 1.08 bits per heavy atom. The summed E-state index contributed by atoms with van der Waals surface area (Å²) in [5, 5.41) is 6.64. The molecule has 3 aromatic rings. The summed E-state index contributed by atoms with van der Waals surface area (Å²) >= 11 is 6.12. The number of rotatable bonds is 4. The van der Waals surface area contributed by atoms with Crippen molar-refractivity contribution in [1.82, 2.24) is 9.88 Å². The van der Waals surface area contributed by atoms with Gasteiger partial charge in [0.05, 0.1) is 0 Å². The predicted octanol–water partition coefficient (Wildman–Crippen LogP) is 5.93. The smallest absolute Gasteiger partial charge is 0.138 e. The molecule has 4 heteroatoms. The fourth-order valence-electron chi connectivity index (χ4n) is 3.85. The van der Waals surface area contributed by atoms with Crippen LogP contribution < -0.4 is 5.32 Å². The highest BCUT2D eigenvalue weighted by Gasteiger charge is 2.15. The van der Waals surface area contributed by atoms with Gasteiger partial charge >= 0.3 is 0 Å². The van der Waals surface area contributed by atoms with Crippen molar-refractivity contribution in [3.8, 4) is 0 Å². The zero-order valence-electron chi connectivity index (χ0n) is 15.1. The van der Waals surface area contributed by atoms with Gasteiger partial charge in [0.2, 0.25) is 0 Å². The van der Waals surface area contributed by atoms with E-state index >= 15 is 0 Å². The number of aryl methyl sites for hydroxylation is 1. The molecule has 0 bridgehead atoms. The number of pyridine rings is 1. The topological polar surface area (TPSA) is 28.2 Å². The average molecular weight is 366 g/mol. The number of nitrogens with zero attached hydrogens (tertiary/aromatic N) is 2. The van der Waals surface area contributed by atoms with E-state index in [-0.39, 0.29) is 0 Å². The summed E-state index contributed by atoms with van der Waals surface area (Å²) in [7, 11) is 0. The number of hydrogen-bond donors (Lipinski definition) is 1. The number of likely N-dealkylation sites (tertiary alicyclic amines) is 1. The van der Waals surface area contributed by atoms with Crippen LogP contribution in [-0.2, 0) is 6.54 Å². The molecule has 1 aliphatic rings. The van der Waals surface area contributed by atoms with Crippen molar-refractivity contribution < 1.29 is 0 Å². The Morgan fingerprint density at radius 2 is 1.88 bits per heavy atom. The molecule has 0 aliphatic carbocycles. The maximum atomic E-state index is 6.12. The fourth-order valence-corrected chi connectivity index (χ4v) is 4.04. The van der Waals surface area contributed by atoms with Crippen LogP contribution in [0.25, 0.3) is 10.8 Å². The third kappa shape index (κ3) is 3.69. The van der Waals surface area contributed by atoms with Crippen LogP contribution in [0.1, 0.15) is 30.4 Å². The van der Waals surface area contributed by atoms with E-state index in [1.807, 2.05) is 30.5 Å². The number of anilines is 2. The number of hydrogen-bond acceptors (Lipinski definition) is 3. The fraction of sp³-hybridized carbons (Fsp3) is 0.318. The van der Waals surface area contributed by atoms with Gasteiger partial charge in [0.15, 0.2) is 0 Å². The van der Waals surface area contributed by atoms with Crippen molar-refractivity contribution >= 4 is 33.9 Å². The number of nitrogens with one attached hydrogen (secondary N) is 1. The van der Waals surface area contributed by atoms with Crippen LogP contribution in [0.4, 0.5) is 11.5 Å². The lowest BCUT2D eigenvalue weighted by Gasteiger charge is -2.27. The quantitative estimate of drug-likeness (QED) is 0.621. The Balaban J connectivity index is 1.71. The molecule has 0 radical (unpaired) electrons. The number of benzene rings is 2. The first-order valence-corrected chi connectivity index (χ1v) is 9.71. The van der Waals surface area contributed by atoms with Crippen molar-refractivity contribution in [3.05, 3.63) is 64.8 Å². The molecule has 1 aliphatic heterocycles. The van der Waals surface area contributed by atoms with Gasteiger partial charge in [-0.15, -0.1) is 0 Å². The lowest BCUT2D eigenvalue weighted by atomic mass is 10.0. The van der Waals surface area contributed by atoms with Crippen LogP contribution in [0, 0.1) is 6.92 Å². The van der Waals surface area contributed by atoms with Crippen LogP contribution in [0.5, 0.6) is 0 Å². The number of halogens is 1. The van der Waals surface area contributed by atoms with Gasteiger partial charge in [-0.25, -0.2) is 4.98 Å². The molecule has 3 nitrogen and oxygen atoms in total. The largest absolute Gasteiger partial charge is 0.340 e. The standard InChI is InChI=1S/C22H24ClN3/c1-16-7-5-10-20-21(16)17(15-26-11-3-2-4-12-26)14-24-22(20)25-19-9-6-8-18(23)13-19/h5-10,13-14H,2-4,11-12,15H2,1H3,(H,24,25). The van der Waals surface area contributed by atoms with E-state index in [2.05, 4.69) is 35.3 Å². The second kappa shape index (κ2) is 7.65. The van der Waals surface area contributed by atoms with Gasteiger partial charge in [-0.05, 0) is 67.6 Å². The lowest BCUT2D eigenvalue weighted by Crippen LogP contribution is -2.29. The van der Waals surface area contributed by atoms with E-state index in [1.165, 1.54) is 54.3 Å². The van der Waals surface area contributed by atoms with E-state index in [4.69, 9.17) is 16.6 Å². The second-order valence-corrected chi connectivity index (χ2v) is 7.54. The Bertz CT molecular complexity index is 916. The first kappa shape index (κ1) is 17.3. The minimum Gasteiger partial charge on any atom is -0.340 e. The van der Waals surface area contributed by atoms with Crippen LogP contribution in [-0.4, -0.2) is 23.0 Å². The maximum Gasteiger partial charge on any atom is 0.138 e. The Hall–Kier alpha value is -2.10. The first-order valence-electron chi connectivity index (χ1n) is 9.33. The summed E-state index contributed by atoms with van der Waals surface area (Å²) in [4.78, 5) is 7.31. The number of fused-ring (bicyclic) bond motifs is 1. The third-order valence-electron chi connectivity index (χ3n) is 5.13. The zero-order valence-corrected chi connectivity index (χ0v) is 15.9. The summed E-state index contributed by atoms with van der Waals surface area (Å²) in [5.41, 5.74) is 3.57. The van der Waals surface area contributed by atoms with E-state index in [0.717, 1.165) is 23.1 Å². The molecule has 2 aromatic carbocycles. The summed E-state index contributed by atoms with van der Waals surface area (Å²) in [6.07, 6.45) is 6.01. The monoisotopic (exact) mass is 365 g/mol. The molecule has 1 N–H and O–H groups in total. The van der Waals surface area contributed by atoms with Gasteiger partial charge in [-0.1, -0.05) is 42.3 Å². The minimum absolute atomic E-state index is 0.720. The molecular formula is C22H24ClN3. The molecule has 0 atom stereocenters. The van der Waals surface area contributed by atoms with Crippen molar-refractivity contribution in [2.75, 3.05) is 18.4 Å². The molecule has 1 aromatic heterocycles. The van der Waals surface area contributed by atoms with E-state index in [0.29, 0.717) is 0 Å². The summed E-state index contributed by atoms with van der Waals surface area (Å²) in [5.74, 6) is 0.883. The summed E-state index contributed by atoms with van der Waals surface area (Å²) in [6, 6.07) is 14.2. The summed E-state index contributed by atoms with van der Waals surface area (Å²) in [6.45, 7) is 5.54. The number of piperidine rings is 1. The molecule has 1 saturated heterocycles. The molecule has 4 rings (SSSR count). The summed E-state index contributed by atoms with van der Waals surface area (Å²) < 4.78 is 0. The average Bonchev–Trinajstić information content (AvgIpc) is 2.65. The second-order valence-electron chi connectivity index (χ2n) is 7.10. The van der Waals surface area contributed by atoms with Crippen LogP contribution in [0.15, 0.2) is 48.7 Å². The molecule has 0 amide bonds. The Kier molecular flexibility index (Phi) is 5.09. The highest BCUT2D eigenvalue weighted by Crippen LogP contribution is 2.31. The molecule has 0 spiro atoms. The molecule has 26 heavy (non-hydrogen) atoms. The van der Waals surface area contributed by atoms with Gasteiger partial charge < -0.3 is 5.32 Å². The van der Waals surface area contributed by atoms with Gasteiger partial charge in [0.1, 0.15) is 5.82 Å². The SMILES string of the molecule is Cc1cccc2c(Nc3cccc(Cl)c3)ncc(CN3CCCCC3)c12. The molecule has 2 heterocycles. The third-order valence-corrected chi connectivity index (χ3v) is 5.36. The molecule has 134 valence electrons. The van der Waals surface area contributed by atoms with Gasteiger partial charge in [0.25, 0.3) is 0 Å². The molecule has 0 saturated carbocycles. The van der Waals surface area contributed by atoms with Gasteiger partial charge in [0, 0.05) is 28.8 Å². The zero-order chi connectivity index (χ0) is 17.9. The molecule has 1 fully saturated rings. The van der Waals surface area contributed by atoms with Gasteiger partial charge in [-0.2, -0.15) is 0 Å². The van der Waals surface area contributed by atoms with Crippen molar-refractivity contribution in [3.63, 3.8) is 0 Å². The minimum atomic E-state index is 0.720. The van der Waals surface area contributed by atoms with Crippen LogP contribution >= 0.6 is 11.6 Å². The number of aromatic nitrogens is 1. The molecule has 0 unspecified atom stereocenters. The lowest BCUT2D eigenvalue weighted by molar-refractivity contribution is 0.221. The maximum absolute atomic E-state index is 6.12.